The molecule has 1 aromatic heterocycles. The van der Waals surface area contributed by atoms with Crippen molar-refractivity contribution in [2.24, 2.45) is 0 Å². The van der Waals surface area contributed by atoms with Gasteiger partial charge in [-0.05, 0) is 62.4 Å². The second-order valence-corrected chi connectivity index (χ2v) is 9.39. The van der Waals surface area contributed by atoms with Crippen LogP contribution in [0, 0.1) is 0 Å². The maximum atomic E-state index is 13.8. The Morgan fingerprint density at radius 2 is 1.87 bits per heavy atom. The van der Waals surface area contributed by atoms with Gasteiger partial charge in [-0.15, -0.1) is 5.10 Å². The zero-order valence-electron chi connectivity index (χ0n) is 21.0. The average Bonchev–Trinajstić information content (AvgIpc) is 3.32. The Morgan fingerprint density at radius 3 is 2.58 bits per heavy atom. The van der Waals surface area contributed by atoms with Crippen molar-refractivity contribution in [3.63, 3.8) is 0 Å². The van der Waals surface area contributed by atoms with Gasteiger partial charge in [0, 0.05) is 26.9 Å². The molecule has 8 nitrogen and oxygen atoms in total. The fourth-order valence-electron chi connectivity index (χ4n) is 4.38. The number of hydrogen-bond acceptors (Lipinski definition) is 6. The highest BCUT2D eigenvalue weighted by molar-refractivity contribution is 6.35. The molecule has 0 spiro atoms. The summed E-state index contributed by atoms with van der Waals surface area (Å²) in [7, 11) is 1.55. The number of amides is 1. The molecule has 0 fully saturated rings. The summed E-state index contributed by atoms with van der Waals surface area (Å²) in [6.45, 7) is 4.33. The summed E-state index contributed by atoms with van der Waals surface area (Å²) < 4.78 is 12.6. The van der Waals surface area contributed by atoms with Crippen molar-refractivity contribution in [3.8, 4) is 22.9 Å². The number of nitrogens with one attached hydrogen (secondary N) is 2. The molecule has 10 heteroatoms. The number of fused-ring (bicyclic) bond motifs is 1. The lowest BCUT2D eigenvalue weighted by molar-refractivity contribution is -0.113. The van der Waals surface area contributed by atoms with E-state index in [-0.39, 0.29) is 5.91 Å². The first-order valence-corrected chi connectivity index (χ1v) is 12.7. The molecule has 2 N–H and O–H groups in total. The van der Waals surface area contributed by atoms with Gasteiger partial charge >= 0.3 is 0 Å². The molecule has 2 heterocycles. The first-order valence-electron chi connectivity index (χ1n) is 12.0. The minimum Gasteiger partial charge on any atom is -0.495 e. The van der Waals surface area contributed by atoms with Crippen molar-refractivity contribution in [3.05, 3.63) is 93.6 Å². The van der Waals surface area contributed by atoms with Crippen LogP contribution in [-0.2, 0) is 4.79 Å². The largest absolute Gasteiger partial charge is 0.495 e. The van der Waals surface area contributed by atoms with Crippen LogP contribution in [0.25, 0.3) is 11.4 Å². The number of halogens is 2. The summed E-state index contributed by atoms with van der Waals surface area (Å²) >= 11 is 12.9. The van der Waals surface area contributed by atoms with E-state index in [1.807, 2.05) is 50.2 Å². The van der Waals surface area contributed by atoms with Crippen molar-refractivity contribution in [2.75, 3.05) is 24.4 Å². The molecule has 0 saturated heterocycles. The van der Waals surface area contributed by atoms with Crippen LogP contribution in [0.3, 0.4) is 0 Å². The first kappa shape index (κ1) is 25.6. The molecule has 1 amide bonds. The molecule has 5 rings (SSSR count). The Labute approximate surface area is 230 Å². The number of aromatic nitrogens is 3. The van der Waals surface area contributed by atoms with E-state index in [9.17, 15) is 4.79 Å². The molecule has 1 unspecified atom stereocenters. The monoisotopic (exact) mass is 549 g/mol. The fraction of sp³-hybridized carbons (Fsp3) is 0.179. The number of nitrogens with zero attached hydrogens (tertiary/aromatic N) is 3. The van der Waals surface area contributed by atoms with E-state index < -0.39 is 6.04 Å². The Morgan fingerprint density at radius 1 is 1.11 bits per heavy atom. The van der Waals surface area contributed by atoms with E-state index in [2.05, 4.69) is 10.6 Å². The topological polar surface area (TPSA) is 90.3 Å². The van der Waals surface area contributed by atoms with Gasteiger partial charge in [-0.1, -0.05) is 41.4 Å². The summed E-state index contributed by atoms with van der Waals surface area (Å²) in [5.41, 5.74) is 3.05. The number of rotatable bonds is 7. The molecule has 194 valence electrons. The van der Waals surface area contributed by atoms with Crippen LogP contribution in [0.5, 0.6) is 11.5 Å². The van der Waals surface area contributed by atoms with Gasteiger partial charge < -0.3 is 20.1 Å². The average molecular weight is 550 g/mol. The number of hydrogen-bond donors (Lipinski definition) is 2. The molecule has 4 aromatic rings. The normalized spacial score (nSPS) is 14.5. The smallest absolute Gasteiger partial charge is 0.255 e. The highest BCUT2D eigenvalue weighted by Gasteiger charge is 2.36. The van der Waals surface area contributed by atoms with Crippen LogP contribution in [0.2, 0.25) is 10.0 Å². The quantitative estimate of drug-likeness (QED) is 0.270. The van der Waals surface area contributed by atoms with E-state index in [4.69, 9.17) is 42.8 Å². The number of anilines is 2. The number of benzene rings is 3. The highest BCUT2D eigenvalue weighted by Crippen LogP contribution is 2.40. The molecular formula is C28H25Cl2N5O3. The molecule has 1 atom stereocenters. The standard InChI is InChI=1S/C28H25Cl2N5O3/c1-4-38-19-12-9-17(10-13-19)26-33-28-31-16(2)24(27(36)32-22-7-5-6-8-23(22)37-3)25(35(28)34-26)20-14-11-18(29)15-21(20)30/h5-15,25H,4H2,1-3H3,(H,32,36)(H,31,33,34). The molecule has 0 aliphatic carbocycles. The minimum absolute atomic E-state index is 0.334. The van der Waals surface area contributed by atoms with Gasteiger partial charge in [0.05, 0.1) is 25.0 Å². The maximum absolute atomic E-state index is 13.8. The van der Waals surface area contributed by atoms with Gasteiger partial charge in [-0.3, -0.25) is 4.79 Å². The molecule has 1 aliphatic heterocycles. The third-order valence-corrected chi connectivity index (χ3v) is 6.70. The van der Waals surface area contributed by atoms with Crippen molar-refractivity contribution < 1.29 is 14.3 Å². The lowest BCUT2D eigenvalue weighted by Gasteiger charge is -2.29. The van der Waals surface area contributed by atoms with Gasteiger partial charge in [0.25, 0.3) is 5.91 Å². The van der Waals surface area contributed by atoms with Crippen molar-refractivity contribution in [1.29, 1.82) is 0 Å². The summed E-state index contributed by atoms with van der Waals surface area (Å²) in [5.74, 6) is 1.94. The van der Waals surface area contributed by atoms with Gasteiger partial charge in [0.2, 0.25) is 5.95 Å². The Hall–Kier alpha value is -4.01. The number of allylic oxidation sites excluding steroid dienone is 1. The van der Waals surface area contributed by atoms with Gasteiger partial charge in [-0.25, -0.2) is 4.68 Å². The molecule has 0 radical (unpaired) electrons. The number of para-hydroxylation sites is 2. The van der Waals surface area contributed by atoms with Crippen LogP contribution in [0.4, 0.5) is 11.6 Å². The van der Waals surface area contributed by atoms with Crippen LogP contribution < -0.4 is 20.1 Å². The van der Waals surface area contributed by atoms with Gasteiger partial charge in [0.15, 0.2) is 5.82 Å². The van der Waals surface area contributed by atoms with E-state index >= 15 is 0 Å². The van der Waals surface area contributed by atoms with E-state index in [1.165, 1.54) is 0 Å². The molecule has 0 bridgehead atoms. The minimum atomic E-state index is -0.672. The summed E-state index contributed by atoms with van der Waals surface area (Å²) in [6.07, 6.45) is 0. The number of methoxy groups -OCH3 is 1. The van der Waals surface area contributed by atoms with Crippen molar-refractivity contribution >= 4 is 40.7 Å². The third-order valence-electron chi connectivity index (χ3n) is 6.13. The van der Waals surface area contributed by atoms with E-state index in [0.717, 1.165) is 11.3 Å². The third kappa shape index (κ3) is 4.92. The van der Waals surface area contributed by atoms with E-state index in [1.54, 1.807) is 42.1 Å². The van der Waals surface area contributed by atoms with Gasteiger partial charge in [0.1, 0.15) is 17.5 Å². The lowest BCUT2D eigenvalue weighted by atomic mass is 9.95. The summed E-state index contributed by atoms with van der Waals surface area (Å²) in [4.78, 5) is 18.5. The van der Waals surface area contributed by atoms with Crippen LogP contribution >= 0.6 is 23.2 Å². The van der Waals surface area contributed by atoms with Crippen molar-refractivity contribution in [1.82, 2.24) is 14.8 Å². The Balaban J connectivity index is 1.59. The number of ether oxygens (including phenoxy) is 2. The zero-order chi connectivity index (χ0) is 26.8. The van der Waals surface area contributed by atoms with E-state index in [0.29, 0.717) is 56.7 Å². The van der Waals surface area contributed by atoms with Gasteiger partial charge in [-0.2, -0.15) is 4.98 Å². The summed E-state index contributed by atoms with van der Waals surface area (Å²) in [6, 6.07) is 19.3. The fourth-order valence-corrected chi connectivity index (χ4v) is 4.89. The number of carbonyl (C=O) groups excluding carboxylic acids is 1. The van der Waals surface area contributed by atoms with Crippen molar-refractivity contribution in [2.45, 2.75) is 19.9 Å². The Kier molecular flexibility index (Phi) is 7.26. The predicted octanol–water partition coefficient (Wildman–Crippen LogP) is 6.59. The second kappa shape index (κ2) is 10.8. The van der Waals surface area contributed by atoms with Crippen LogP contribution in [0.15, 0.2) is 78.0 Å². The lowest BCUT2D eigenvalue weighted by Crippen LogP contribution is -2.31. The van der Waals surface area contributed by atoms with Crippen LogP contribution in [-0.4, -0.2) is 34.4 Å². The predicted molar refractivity (Wildman–Crippen MR) is 149 cm³/mol. The molecule has 38 heavy (non-hydrogen) atoms. The molecule has 3 aromatic carbocycles. The SMILES string of the molecule is CCOc1ccc(-c2nc3n(n2)C(c2ccc(Cl)cc2Cl)C(C(=O)Nc2ccccc2OC)=C(C)N3)cc1. The highest BCUT2D eigenvalue weighted by atomic mass is 35.5. The second-order valence-electron chi connectivity index (χ2n) is 8.55. The summed E-state index contributed by atoms with van der Waals surface area (Å²) in [5, 5.41) is 11.9. The molecule has 0 saturated carbocycles. The Bertz CT molecular complexity index is 1530. The maximum Gasteiger partial charge on any atom is 0.255 e. The van der Waals surface area contributed by atoms with Crippen LogP contribution in [0.1, 0.15) is 25.5 Å². The molecular weight excluding hydrogens is 525 g/mol. The zero-order valence-corrected chi connectivity index (χ0v) is 22.5. The first-order chi connectivity index (χ1) is 18.4. The molecule has 1 aliphatic rings. The number of carbonyl (C=O) groups is 1.